The first-order valence-electron chi connectivity index (χ1n) is 10.6. The highest BCUT2D eigenvalue weighted by Gasteiger charge is 2.60. The summed E-state index contributed by atoms with van der Waals surface area (Å²) >= 11 is 0. The fourth-order valence-electron chi connectivity index (χ4n) is 4.50. The molecular weight excluding hydrogens is 436 g/mol. The van der Waals surface area contributed by atoms with E-state index in [0.717, 1.165) is 11.8 Å². The van der Waals surface area contributed by atoms with Crippen molar-refractivity contribution in [3.8, 4) is 0 Å². The summed E-state index contributed by atoms with van der Waals surface area (Å²) in [7, 11) is 0. The lowest BCUT2D eigenvalue weighted by Gasteiger charge is -2.37. The molecule has 3 aliphatic rings. The molecule has 2 atom stereocenters. The Morgan fingerprint density at radius 2 is 1.91 bits per heavy atom. The molecule has 12 heteroatoms. The number of nitrogens with zero attached hydrogens (tertiary/aromatic N) is 4. The van der Waals surface area contributed by atoms with Gasteiger partial charge in [-0.05, 0) is 26.7 Å². The Morgan fingerprint density at radius 1 is 1.22 bits per heavy atom. The highest BCUT2D eigenvalue weighted by molar-refractivity contribution is 5.86. The second kappa shape index (κ2) is 8.29. The summed E-state index contributed by atoms with van der Waals surface area (Å²) in [6, 6.07) is -0.319. The van der Waals surface area contributed by atoms with Crippen molar-refractivity contribution in [2.24, 2.45) is 5.92 Å². The second-order valence-electron chi connectivity index (χ2n) is 8.77. The number of morpholine rings is 1. The molecule has 4 rings (SSSR count). The van der Waals surface area contributed by atoms with Gasteiger partial charge in [0.25, 0.3) is 5.56 Å². The number of alkyl halides is 3. The summed E-state index contributed by atoms with van der Waals surface area (Å²) in [6.45, 7) is 2.76. The first kappa shape index (κ1) is 23.0. The minimum atomic E-state index is -4.79. The largest absolute Gasteiger partial charge is 0.413 e. The summed E-state index contributed by atoms with van der Waals surface area (Å²) in [5.74, 6) is -2.67. The number of anilines is 2. The summed E-state index contributed by atoms with van der Waals surface area (Å²) < 4.78 is 68.7. The van der Waals surface area contributed by atoms with Gasteiger partial charge in [-0.3, -0.25) is 14.2 Å². The van der Waals surface area contributed by atoms with Crippen LogP contribution in [0.5, 0.6) is 0 Å². The zero-order valence-electron chi connectivity index (χ0n) is 18.0. The van der Waals surface area contributed by atoms with Crippen LogP contribution < -0.4 is 15.4 Å². The van der Waals surface area contributed by atoms with Gasteiger partial charge in [-0.25, -0.2) is 0 Å². The van der Waals surface area contributed by atoms with E-state index in [2.05, 4.69) is 4.98 Å². The number of rotatable bonds is 4. The molecule has 0 radical (unpaired) electrons. The highest BCUT2D eigenvalue weighted by atomic mass is 19.4. The smallest absolute Gasteiger partial charge is 0.381 e. The van der Waals surface area contributed by atoms with E-state index >= 15 is 0 Å². The highest BCUT2D eigenvalue weighted by Crippen LogP contribution is 2.43. The number of hydrogen-bond donors (Lipinski definition) is 0. The van der Waals surface area contributed by atoms with Gasteiger partial charge in [-0.1, -0.05) is 0 Å². The van der Waals surface area contributed by atoms with E-state index < -0.39 is 42.1 Å². The third-order valence-corrected chi connectivity index (χ3v) is 6.62. The number of Topliss-reactive ketones (excluding diaryl/α,β-unsaturated/α-hetero) is 1. The number of ketones is 1. The van der Waals surface area contributed by atoms with Gasteiger partial charge < -0.3 is 19.3 Å². The molecule has 3 aliphatic heterocycles. The van der Waals surface area contributed by atoms with E-state index in [-0.39, 0.29) is 43.3 Å². The lowest BCUT2D eigenvalue weighted by molar-refractivity contribution is -0.182. The predicted molar refractivity (Wildman–Crippen MR) is 106 cm³/mol. The first-order valence-corrected chi connectivity index (χ1v) is 10.6. The van der Waals surface area contributed by atoms with E-state index in [1.807, 2.05) is 0 Å². The SMILES string of the molecule is C[C@@H]1COCCN1c1nc2n(c(=O)c1F)C[C@@](C)(C(F)(F)F)N2CC(=O)C1CCOCC1. The summed E-state index contributed by atoms with van der Waals surface area (Å²) in [4.78, 5) is 32.2. The molecule has 8 nitrogen and oxygen atoms in total. The average Bonchev–Trinajstić information content (AvgIpc) is 3.05. The molecule has 1 aromatic rings. The fourth-order valence-corrected chi connectivity index (χ4v) is 4.50. The minimum absolute atomic E-state index is 0.242. The van der Waals surface area contributed by atoms with Crippen LogP contribution in [0.1, 0.15) is 26.7 Å². The van der Waals surface area contributed by atoms with Crippen LogP contribution in [0.4, 0.5) is 29.3 Å². The zero-order chi connectivity index (χ0) is 23.3. The van der Waals surface area contributed by atoms with Crippen LogP contribution in [0.15, 0.2) is 4.79 Å². The minimum Gasteiger partial charge on any atom is -0.381 e. The van der Waals surface area contributed by atoms with E-state index in [0.29, 0.717) is 30.6 Å². The maximum Gasteiger partial charge on any atom is 0.413 e. The molecule has 0 amide bonds. The lowest BCUT2D eigenvalue weighted by Crippen LogP contribution is -2.57. The molecule has 0 saturated carbocycles. The number of ether oxygens (including phenoxy) is 2. The maximum atomic E-state index is 15.0. The monoisotopic (exact) mass is 462 g/mol. The molecule has 0 aromatic carbocycles. The molecule has 2 fully saturated rings. The van der Waals surface area contributed by atoms with Crippen molar-refractivity contribution in [3.05, 3.63) is 16.2 Å². The molecule has 32 heavy (non-hydrogen) atoms. The molecular formula is C20H26F4N4O4. The Kier molecular flexibility index (Phi) is 5.95. The summed E-state index contributed by atoms with van der Waals surface area (Å²) in [6.07, 6.45) is -3.93. The first-order chi connectivity index (χ1) is 15.0. The topological polar surface area (TPSA) is 76.9 Å². The van der Waals surface area contributed by atoms with Gasteiger partial charge in [0.2, 0.25) is 11.8 Å². The third kappa shape index (κ3) is 3.76. The third-order valence-electron chi connectivity index (χ3n) is 6.62. The van der Waals surface area contributed by atoms with Crippen LogP contribution in [-0.4, -0.2) is 72.6 Å². The van der Waals surface area contributed by atoms with Crippen LogP contribution in [0, 0.1) is 11.7 Å². The van der Waals surface area contributed by atoms with E-state index in [4.69, 9.17) is 9.47 Å². The van der Waals surface area contributed by atoms with Gasteiger partial charge in [0.15, 0.2) is 17.1 Å². The fraction of sp³-hybridized carbons (Fsp3) is 0.750. The summed E-state index contributed by atoms with van der Waals surface area (Å²) in [5.41, 5.74) is -3.76. The molecule has 4 heterocycles. The predicted octanol–water partition coefficient (Wildman–Crippen LogP) is 1.74. The molecule has 0 aliphatic carbocycles. The van der Waals surface area contributed by atoms with Crippen molar-refractivity contribution in [2.75, 3.05) is 49.3 Å². The number of aromatic nitrogens is 2. The van der Waals surface area contributed by atoms with Crippen LogP contribution >= 0.6 is 0 Å². The van der Waals surface area contributed by atoms with E-state index in [1.54, 1.807) is 6.92 Å². The maximum absolute atomic E-state index is 15.0. The van der Waals surface area contributed by atoms with Crippen LogP contribution in [0.2, 0.25) is 0 Å². The quantitative estimate of drug-likeness (QED) is 0.631. The second-order valence-corrected chi connectivity index (χ2v) is 8.77. The van der Waals surface area contributed by atoms with Crippen molar-refractivity contribution >= 4 is 17.5 Å². The Morgan fingerprint density at radius 3 is 2.53 bits per heavy atom. The van der Waals surface area contributed by atoms with Crippen molar-refractivity contribution in [2.45, 2.75) is 51.0 Å². The Hall–Kier alpha value is -2.21. The van der Waals surface area contributed by atoms with Gasteiger partial charge in [0.05, 0.1) is 32.3 Å². The average molecular weight is 462 g/mol. The van der Waals surface area contributed by atoms with Crippen molar-refractivity contribution < 1.29 is 31.8 Å². The van der Waals surface area contributed by atoms with Crippen LogP contribution in [0.3, 0.4) is 0 Å². The molecule has 178 valence electrons. The van der Waals surface area contributed by atoms with E-state index in [9.17, 15) is 27.2 Å². The normalized spacial score (nSPS) is 27.0. The van der Waals surface area contributed by atoms with Crippen LogP contribution in [0.25, 0.3) is 0 Å². The van der Waals surface area contributed by atoms with Crippen molar-refractivity contribution in [1.29, 1.82) is 0 Å². The Bertz CT molecular complexity index is 947. The molecule has 1 aromatic heterocycles. The van der Waals surface area contributed by atoms with Gasteiger partial charge in [-0.15, -0.1) is 0 Å². The Labute approximate surface area is 182 Å². The Balaban J connectivity index is 1.77. The lowest BCUT2D eigenvalue weighted by atomic mass is 9.93. The molecule has 0 bridgehead atoms. The van der Waals surface area contributed by atoms with Gasteiger partial charge in [-0.2, -0.15) is 22.5 Å². The number of carbonyl (C=O) groups is 1. The van der Waals surface area contributed by atoms with Crippen molar-refractivity contribution in [3.63, 3.8) is 0 Å². The van der Waals surface area contributed by atoms with Crippen molar-refractivity contribution in [1.82, 2.24) is 9.55 Å². The standard InChI is InChI=1S/C20H26F4N4O4/c1-12-10-32-8-5-26(12)16-15(21)17(30)27-11-19(2,20(22,23)24)28(18(27)25-16)9-14(29)13-3-6-31-7-4-13/h12-13H,3-11H2,1-2H3/t12-,19+/m1/s1. The summed E-state index contributed by atoms with van der Waals surface area (Å²) in [5, 5.41) is 0. The molecule has 0 spiro atoms. The van der Waals surface area contributed by atoms with Crippen LogP contribution in [-0.2, 0) is 20.8 Å². The zero-order valence-corrected chi connectivity index (χ0v) is 18.0. The number of carbonyl (C=O) groups excluding carboxylic acids is 1. The molecule has 0 unspecified atom stereocenters. The van der Waals surface area contributed by atoms with E-state index in [1.165, 1.54) is 4.90 Å². The molecule has 0 N–H and O–H groups in total. The number of hydrogen-bond acceptors (Lipinski definition) is 7. The van der Waals surface area contributed by atoms with Gasteiger partial charge in [0, 0.05) is 25.7 Å². The van der Waals surface area contributed by atoms with Gasteiger partial charge >= 0.3 is 6.18 Å². The van der Waals surface area contributed by atoms with Gasteiger partial charge in [0.1, 0.15) is 0 Å². The number of halogens is 4. The number of fused-ring (bicyclic) bond motifs is 1. The molecule has 2 saturated heterocycles.